The van der Waals surface area contributed by atoms with Gasteiger partial charge >= 0.3 is 12.0 Å². The molecule has 96 valence electrons. The number of urea groups is 1. The zero-order chi connectivity index (χ0) is 13.3. The molecule has 0 aromatic carbocycles. The van der Waals surface area contributed by atoms with Gasteiger partial charge < -0.3 is 15.2 Å². The molecule has 0 aliphatic carbocycles. The lowest BCUT2D eigenvalue weighted by Crippen LogP contribution is -2.40. The number of ether oxygens (including phenoxy) is 1. The molecule has 0 aromatic rings. The maximum absolute atomic E-state index is 11.1. The van der Waals surface area contributed by atoms with Crippen LogP contribution in [-0.2, 0) is 14.3 Å². The van der Waals surface area contributed by atoms with Crippen LogP contribution in [0.3, 0.4) is 0 Å². The second-order valence-electron chi connectivity index (χ2n) is 3.34. The number of carboxylic acids is 1. The highest BCUT2D eigenvalue weighted by molar-refractivity contribution is 6.02. The zero-order valence-corrected chi connectivity index (χ0v) is 9.73. The van der Waals surface area contributed by atoms with Crippen molar-refractivity contribution in [1.29, 1.82) is 0 Å². The molecule has 0 heterocycles. The van der Waals surface area contributed by atoms with Crippen molar-refractivity contribution in [2.45, 2.75) is 20.0 Å². The Kier molecular flexibility index (Phi) is 7.36. The largest absolute Gasteiger partial charge is 0.478 e. The second-order valence-corrected chi connectivity index (χ2v) is 3.34. The highest BCUT2D eigenvalue weighted by Gasteiger charge is 2.04. The fraction of sp³-hybridized carbons (Fsp3) is 0.500. The molecule has 17 heavy (non-hydrogen) atoms. The van der Waals surface area contributed by atoms with E-state index in [-0.39, 0.29) is 12.6 Å². The van der Waals surface area contributed by atoms with Crippen LogP contribution in [0, 0.1) is 0 Å². The van der Waals surface area contributed by atoms with E-state index in [1.807, 2.05) is 19.2 Å². The molecule has 0 bridgehead atoms. The molecule has 0 radical (unpaired) electrons. The van der Waals surface area contributed by atoms with Crippen molar-refractivity contribution in [2.24, 2.45) is 0 Å². The second kappa shape index (κ2) is 8.28. The predicted octanol–water partition coefficient (Wildman–Crippen LogP) is -0.122. The Morgan fingerprint density at radius 1 is 1.29 bits per heavy atom. The number of carbonyl (C=O) groups excluding carboxylic acids is 2. The van der Waals surface area contributed by atoms with Gasteiger partial charge in [0.25, 0.3) is 5.91 Å². The average Bonchev–Trinajstić information content (AvgIpc) is 2.21. The molecule has 0 aromatic heterocycles. The summed E-state index contributed by atoms with van der Waals surface area (Å²) >= 11 is 0. The standard InChI is InChI=1S/C10H16N2O5/c1-7(2)17-6-5-11-10(16)12-8(13)3-4-9(14)15/h3-4,7H,5-6H2,1-2H3,(H,14,15)(H2,11,12,13,16)/b4-3+. The fourth-order valence-corrected chi connectivity index (χ4v) is 0.804. The van der Waals surface area contributed by atoms with Crippen LogP contribution in [0.25, 0.3) is 0 Å². The molecule has 7 heteroatoms. The summed E-state index contributed by atoms with van der Waals surface area (Å²) in [6.07, 6.45) is 1.47. The molecule has 0 unspecified atom stereocenters. The smallest absolute Gasteiger partial charge is 0.328 e. The van der Waals surface area contributed by atoms with E-state index >= 15 is 0 Å². The molecule has 0 fully saturated rings. The maximum Gasteiger partial charge on any atom is 0.328 e. The summed E-state index contributed by atoms with van der Waals surface area (Å²) < 4.78 is 5.16. The minimum absolute atomic E-state index is 0.0694. The molecule has 0 aliphatic heterocycles. The highest BCUT2D eigenvalue weighted by atomic mass is 16.5. The third-order valence-corrected chi connectivity index (χ3v) is 1.45. The van der Waals surface area contributed by atoms with Gasteiger partial charge in [-0.05, 0) is 13.8 Å². The van der Waals surface area contributed by atoms with Gasteiger partial charge in [0.05, 0.1) is 12.7 Å². The van der Waals surface area contributed by atoms with Gasteiger partial charge in [-0.25, -0.2) is 9.59 Å². The Morgan fingerprint density at radius 2 is 1.94 bits per heavy atom. The fourth-order valence-electron chi connectivity index (χ4n) is 0.804. The number of imide groups is 1. The van der Waals surface area contributed by atoms with Gasteiger partial charge in [-0.1, -0.05) is 0 Å². The van der Waals surface area contributed by atoms with Crippen molar-refractivity contribution in [3.63, 3.8) is 0 Å². The lowest BCUT2D eigenvalue weighted by molar-refractivity contribution is -0.131. The number of aliphatic carboxylic acids is 1. The Morgan fingerprint density at radius 3 is 2.47 bits per heavy atom. The van der Waals surface area contributed by atoms with Crippen LogP contribution in [-0.4, -0.2) is 42.3 Å². The minimum Gasteiger partial charge on any atom is -0.478 e. The number of carboxylic acid groups (broad SMARTS) is 1. The minimum atomic E-state index is -1.26. The summed E-state index contributed by atoms with van der Waals surface area (Å²) in [4.78, 5) is 32.1. The first-order valence-electron chi connectivity index (χ1n) is 5.03. The first-order valence-corrected chi connectivity index (χ1v) is 5.03. The van der Waals surface area contributed by atoms with Crippen molar-refractivity contribution in [2.75, 3.05) is 13.2 Å². The average molecular weight is 244 g/mol. The summed E-state index contributed by atoms with van der Waals surface area (Å²) in [6.45, 7) is 4.32. The number of carbonyl (C=O) groups is 3. The van der Waals surface area contributed by atoms with Gasteiger partial charge in [0.1, 0.15) is 0 Å². The van der Waals surface area contributed by atoms with E-state index in [4.69, 9.17) is 9.84 Å². The van der Waals surface area contributed by atoms with E-state index in [0.29, 0.717) is 12.7 Å². The Bertz CT molecular complexity index is 312. The van der Waals surface area contributed by atoms with Crippen molar-refractivity contribution in [3.8, 4) is 0 Å². The maximum atomic E-state index is 11.1. The lowest BCUT2D eigenvalue weighted by Gasteiger charge is -2.08. The van der Waals surface area contributed by atoms with Crippen molar-refractivity contribution < 1.29 is 24.2 Å². The Hall–Kier alpha value is -1.89. The summed E-state index contributed by atoms with van der Waals surface area (Å²) in [5, 5.41) is 12.5. The molecular weight excluding hydrogens is 228 g/mol. The first kappa shape index (κ1) is 15.1. The topological polar surface area (TPSA) is 105 Å². The van der Waals surface area contributed by atoms with Crippen LogP contribution in [0.1, 0.15) is 13.8 Å². The molecular formula is C10H16N2O5. The third-order valence-electron chi connectivity index (χ3n) is 1.45. The predicted molar refractivity (Wildman–Crippen MR) is 59.4 cm³/mol. The first-order chi connectivity index (χ1) is 7.91. The van der Waals surface area contributed by atoms with Gasteiger partial charge in [0, 0.05) is 18.7 Å². The van der Waals surface area contributed by atoms with E-state index in [9.17, 15) is 14.4 Å². The SMILES string of the molecule is CC(C)OCCNC(=O)NC(=O)/C=C/C(=O)O. The van der Waals surface area contributed by atoms with E-state index < -0.39 is 17.9 Å². The summed E-state index contributed by atoms with van der Waals surface area (Å²) in [7, 11) is 0. The number of hydrogen-bond donors (Lipinski definition) is 3. The zero-order valence-electron chi connectivity index (χ0n) is 9.73. The van der Waals surface area contributed by atoms with Crippen LogP contribution in [0.15, 0.2) is 12.2 Å². The van der Waals surface area contributed by atoms with Crippen LogP contribution >= 0.6 is 0 Å². The van der Waals surface area contributed by atoms with Crippen LogP contribution in [0.5, 0.6) is 0 Å². The quantitative estimate of drug-likeness (QED) is 0.446. The summed E-state index contributed by atoms with van der Waals surface area (Å²) in [6, 6.07) is -0.697. The van der Waals surface area contributed by atoms with E-state index in [1.54, 1.807) is 0 Å². The molecule has 0 rings (SSSR count). The van der Waals surface area contributed by atoms with Crippen LogP contribution in [0.4, 0.5) is 4.79 Å². The lowest BCUT2D eigenvalue weighted by atomic mass is 10.4. The van der Waals surface area contributed by atoms with E-state index in [1.165, 1.54) is 0 Å². The third kappa shape index (κ3) is 10.4. The number of nitrogens with one attached hydrogen (secondary N) is 2. The van der Waals surface area contributed by atoms with Crippen molar-refractivity contribution in [1.82, 2.24) is 10.6 Å². The number of hydrogen-bond acceptors (Lipinski definition) is 4. The molecule has 0 aliphatic rings. The number of rotatable bonds is 6. The highest BCUT2D eigenvalue weighted by Crippen LogP contribution is 1.84. The number of amides is 3. The molecule has 3 N–H and O–H groups in total. The summed E-state index contributed by atoms with van der Waals surface area (Å²) in [5.74, 6) is -2.06. The Labute approximate surface area is 98.8 Å². The van der Waals surface area contributed by atoms with Gasteiger partial charge in [-0.15, -0.1) is 0 Å². The molecule has 0 saturated carbocycles. The van der Waals surface area contributed by atoms with Crippen LogP contribution < -0.4 is 10.6 Å². The monoisotopic (exact) mass is 244 g/mol. The molecule has 3 amide bonds. The van der Waals surface area contributed by atoms with Gasteiger partial charge in [0.15, 0.2) is 0 Å². The Balaban J connectivity index is 3.72. The normalized spacial score (nSPS) is 10.5. The van der Waals surface area contributed by atoms with E-state index in [2.05, 4.69) is 5.32 Å². The molecule has 7 nitrogen and oxygen atoms in total. The molecule has 0 atom stereocenters. The van der Waals surface area contributed by atoms with Crippen LogP contribution in [0.2, 0.25) is 0 Å². The van der Waals surface area contributed by atoms with Gasteiger partial charge in [-0.2, -0.15) is 0 Å². The molecule has 0 spiro atoms. The summed E-state index contributed by atoms with van der Waals surface area (Å²) in [5.41, 5.74) is 0. The van der Waals surface area contributed by atoms with Crippen molar-refractivity contribution in [3.05, 3.63) is 12.2 Å². The van der Waals surface area contributed by atoms with Gasteiger partial charge in [0.2, 0.25) is 0 Å². The molecule has 0 saturated heterocycles. The van der Waals surface area contributed by atoms with Crippen molar-refractivity contribution >= 4 is 17.9 Å². The van der Waals surface area contributed by atoms with Gasteiger partial charge in [-0.3, -0.25) is 10.1 Å². The van der Waals surface area contributed by atoms with E-state index in [0.717, 1.165) is 6.08 Å².